The topological polar surface area (TPSA) is 54.7 Å². The number of nitrogens with zero attached hydrogens (tertiary/aromatic N) is 3. The Balaban J connectivity index is 1.58. The lowest BCUT2D eigenvalue weighted by Gasteiger charge is -2.35. The molecule has 3 rings (SSSR count). The quantitative estimate of drug-likeness (QED) is 0.766. The Morgan fingerprint density at radius 2 is 1.89 bits per heavy atom. The number of rotatable bonds is 5. The largest absolute Gasteiger partial charge is 0.341 e. The Bertz CT molecular complexity index is 877. The SMILES string of the molecule is CCn1c(=NC(=O)CSCC(=O)N2C[C@H](C)C[C@@H](C)C2)sc2ccccc21. The number of benzene rings is 1. The van der Waals surface area contributed by atoms with Crippen LogP contribution in [-0.2, 0) is 16.1 Å². The second-order valence-electron chi connectivity index (χ2n) is 7.34. The molecule has 0 aliphatic carbocycles. The van der Waals surface area contributed by atoms with E-state index in [0.717, 1.165) is 34.7 Å². The van der Waals surface area contributed by atoms with Crippen molar-refractivity contribution in [3.05, 3.63) is 29.1 Å². The smallest absolute Gasteiger partial charge is 0.258 e. The highest BCUT2D eigenvalue weighted by molar-refractivity contribution is 8.00. The minimum atomic E-state index is -0.179. The van der Waals surface area contributed by atoms with E-state index in [-0.39, 0.29) is 17.6 Å². The molecule has 1 fully saturated rings. The van der Waals surface area contributed by atoms with Crippen molar-refractivity contribution in [3.63, 3.8) is 0 Å². The molecule has 1 aliphatic rings. The molecule has 0 N–H and O–H groups in total. The lowest BCUT2D eigenvalue weighted by molar-refractivity contribution is -0.130. The molecule has 2 heterocycles. The highest BCUT2D eigenvalue weighted by atomic mass is 32.2. The van der Waals surface area contributed by atoms with Crippen LogP contribution in [0.5, 0.6) is 0 Å². The molecule has 1 aromatic carbocycles. The normalized spacial score (nSPS) is 21.0. The number of hydrogen-bond acceptors (Lipinski definition) is 4. The van der Waals surface area contributed by atoms with E-state index in [4.69, 9.17) is 0 Å². The molecule has 7 heteroatoms. The summed E-state index contributed by atoms with van der Waals surface area (Å²) in [6.07, 6.45) is 1.18. The van der Waals surface area contributed by atoms with Crippen LogP contribution in [0.25, 0.3) is 10.2 Å². The molecular weight excluding hydrogens is 378 g/mol. The van der Waals surface area contributed by atoms with E-state index < -0.39 is 0 Å². The summed E-state index contributed by atoms with van der Waals surface area (Å²) in [7, 11) is 0. The Hall–Kier alpha value is -1.60. The van der Waals surface area contributed by atoms with Crippen molar-refractivity contribution >= 4 is 45.1 Å². The van der Waals surface area contributed by atoms with Gasteiger partial charge in [-0.2, -0.15) is 4.99 Å². The van der Waals surface area contributed by atoms with Crippen LogP contribution in [0.2, 0.25) is 0 Å². The van der Waals surface area contributed by atoms with Gasteiger partial charge in [0.15, 0.2) is 4.80 Å². The number of aromatic nitrogens is 1. The summed E-state index contributed by atoms with van der Waals surface area (Å²) in [5.74, 6) is 1.65. The van der Waals surface area contributed by atoms with Crippen LogP contribution < -0.4 is 4.80 Å². The van der Waals surface area contributed by atoms with Gasteiger partial charge >= 0.3 is 0 Å². The van der Waals surface area contributed by atoms with Gasteiger partial charge in [0.05, 0.1) is 21.7 Å². The van der Waals surface area contributed by atoms with E-state index in [1.807, 2.05) is 29.2 Å². The van der Waals surface area contributed by atoms with Gasteiger partial charge in [0, 0.05) is 19.6 Å². The van der Waals surface area contributed by atoms with Gasteiger partial charge in [0.25, 0.3) is 5.91 Å². The van der Waals surface area contributed by atoms with Gasteiger partial charge in [0.2, 0.25) is 5.91 Å². The number of thiazole rings is 1. The average molecular weight is 406 g/mol. The van der Waals surface area contributed by atoms with Crippen molar-refractivity contribution in [2.45, 2.75) is 33.7 Å². The van der Waals surface area contributed by atoms with E-state index in [9.17, 15) is 9.59 Å². The number of aryl methyl sites for hydroxylation is 1. The van der Waals surface area contributed by atoms with E-state index in [1.165, 1.54) is 29.5 Å². The Kier molecular flexibility index (Phi) is 6.76. The predicted octanol–water partition coefficient (Wildman–Crippen LogP) is 3.39. The maximum atomic E-state index is 12.4. The van der Waals surface area contributed by atoms with Crippen molar-refractivity contribution in [1.29, 1.82) is 0 Å². The van der Waals surface area contributed by atoms with Gasteiger partial charge in [-0.25, -0.2) is 0 Å². The monoisotopic (exact) mass is 405 g/mol. The van der Waals surface area contributed by atoms with E-state index in [0.29, 0.717) is 17.6 Å². The van der Waals surface area contributed by atoms with Crippen molar-refractivity contribution in [2.24, 2.45) is 16.8 Å². The summed E-state index contributed by atoms with van der Waals surface area (Å²) in [4.78, 5) is 31.7. The molecule has 0 radical (unpaired) electrons. The van der Waals surface area contributed by atoms with Crippen LogP contribution >= 0.6 is 23.1 Å². The molecule has 2 aromatic rings. The summed E-state index contributed by atoms with van der Waals surface area (Å²) in [6.45, 7) is 8.88. The van der Waals surface area contributed by atoms with E-state index >= 15 is 0 Å². The van der Waals surface area contributed by atoms with Gasteiger partial charge in [-0.3, -0.25) is 9.59 Å². The average Bonchev–Trinajstić information content (AvgIpc) is 2.97. The van der Waals surface area contributed by atoms with Crippen LogP contribution in [0.3, 0.4) is 0 Å². The van der Waals surface area contributed by atoms with Crippen LogP contribution in [0.1, 0.15) is 27.2 Å². The molecule has 1 aromatic heterocycles. The number of fused-ring (bicyclic) bond motifs is 1. The Labute approximate surface area is 168 Å². The van der Waals surface area contributed by atoms with Crippen LogP contribution in [0.15, 0.2) is 29.3 Å². The third kappa shape index (κ3) is 5.02. The third-order valence-electron chi connectivity index (χ3n) is 4.80. The van der Waals surface area contributed by atoms with E-state index in [1.54, 1.807) is 0 Å². The zero-order valence-corrected chi connectivity index (χ0v) is 17.8. The minimum absolute atomic E-state index is 0.136. The maximum Gasteiger partial charge on any atom is 0.258 e. The van der Waals surface area contributed by atoms with Crippen molar-refractivity contribution in [2.75, 3.05) is 24.6 Å². The summed E-state index contributed by atoms with van der Waals surface area (Å²) in [5.41, 5.74) is 1.10. The molecular formula is C20H27N3O2S2. The minimum Gasteiger partial charge on any atom is -0.341 e. The zero-order chi connectivity index (χ0) is 19.4. The molecule has 2 atom stereocenters. The van der Waals surface area contributed by atoms with Gasteiger partial charge < -0.3 is 9.47 Å². The molecule has 5 nitrogen and oxygen atoms in total. The van der Waals surface area contributed by atoms with Gasteiger partial charge in [-0.15, -0.1) is 11.8 Å². The molecule has 0 unspecified atom stereocenters. The molecule has 1 aliphatic heterocycles. The number of likely N-dealkylation sites (tertiary alicyclic amines) is 1. The molecule has 27 heavy (non-hydrogen) atoms. The highest BCUT2D eigenvalue weighted by Gasteiger charge is 2.25. The van der Waals surface area contributed by atoms with Gasteiger partial charge in [-0.05, 0) is 37.3 Å². The number of piperidine rings is 1. The summed E-state index contributed by atoms with van der Waals surface area (Å²) < 4.78 is 3.19. The maximum absolute atomic E-state index is 12.4. The summed E-state index contributed by atoms with van der Waals surface area (Å²) >= 11 is 2.90. The third-order valence-corrected chi connectivity index (χ3v) is 6.76. The second kappa shape index (κ2) is 9.06. The second-order valence-corrected chi connectivity index (χ2v) is 9.33. The molecule has 0 spiro atoms. The zero-order valence-electron chi connectivity index (χ0n) is 16.2. The number of carbonyl (C=O) groups excluding carboxylic acids is 2. The van der Waals surface area contributed by atoms with Gasteiger partial charge in [-0.1, -0.05) is 37.3 Å². The highest BCUT2D eigenvalue weighted by Crippen LogP contribution is 2.21. The number of carbonyl (C=O) groups is 2. The first kappa shape index (κ1) is 20.1. The van der Waals surface area contributed by atoms with Crippen LogP contribution in [-0.4, -0.2) is 45.9 Å². The molecule has 1 saturated heterocycles. The Morgan fingerprint density at radius 3 is 2.59 bits per heavy atom. The lowest BCUT2D eigenvalue weighted by Crippen LogP contribution is -2.43. The number of thioether (sulfide) groups is 1. The lowest BCUT2D eigenvalue weighted by atomic mass is 9.92. The summed E-state index contributed by atoms with van der Waals surface area (Å²) in [5, 5.41) is 0. The first-order valence-corrected chi connectivity index (χ1v) is 11.5. The predicted molar refractivity (Wildman–Crippen MR) is 113 cm³/mol. The van der Waals surface area contributed by atoms with Gasteiger partial charge in [0.1, 0.15) is 0 Å². The Morgan fingerprint density at radius 1 is 1.19 bits per heavy atom. The number of hydrogen-bond donors (Lipinski definition) is 0. The fourth-order valence-electron chi connectivity index (χ4n) is 3.73. The number of para-hydroxylation sites is 1. The van der Waals surface area contributed by atoms with Crippen molar-refractivity contribution in [3.8, 4) is 0 Å². The first-order valence-electron chi connectivity index (χ1n) is 9.49. The molecule has 0 bridgehead atoms. The molecule has 0 saturated carbocycles. The summed E-state index contributed by atoms with van der Waals surface area (Å²) in [6, 6.07) is 8.08. The van der Waals surface area contributed by atoms with Crippen LogP contribution in [0, 0.1) is 11.8 Å². The van der Waals surface area contributed by atoms with Crippen LogP contribution in [0.4, 0.5) is 0 Å². The van der Waals surface area contributed by atoms with Crippen molar-refractivity contribution in [1.82, 2.24) is 9.47 Å². The molecule has 2 amide bonds. The first-order chi connectivity index (χ1) is 13.0. The fraction of sp³-hybridized carbons (Fsp3) is 0.550. The molecule has 146 valence electrons. The number of amides is 2. The standard InChI is InChI=1S/C20H27N3O2S2/c1-4-23-16-7-5-6-8-17(16)27-20(23)21-18(24)12-26-13-19(25)22-10-14(2)9-15(3)11-22/h5-8,14-15H,4,9-13H2,1-3H3/t14-,15-/m1/s1. The van der Waals surface area contributed by atoms with E-state index in [2.05, 4.69) is 30.3 Å². The fourth-order valence-corrected chi connectivity index (χ4v) is 5.54. The van der Waals surface area contributed by atoms with Crippen molar-refractivity contribution < 1.29 is 9.59 Å².